The van der Waals surface area contributed by atoms with Crippen LogP contribution < -0.4 is 19.8 Å². The van der Waals surface area contributed by atoms with Gasteiger partial charge in [-0.15, -0.1) is 0 Å². The summed E-state index contributed by atoms with van der Waals surface area (Å²) in [4.78, 5) is 14.1. The number of anilines is 1. The Morgan fingerprint density at radius 1 is 1.15 bits per heavy atom. The second-order valence-electron chi connectivity index (χ2n) is 6.05. The van der Waals surface area contributed by atoms with Gasteiger partial charge in [0.2, 0.25) is 0 Å². The fraction of sp³-hybridized carbons (Fsp3) is 0.263. The molecular formula is C19H21N3O4. The number of benzene rings is 2. The minimum atomic E-state index is -0.374. The first-order chi connectivity index (χ1) is 12.5. The van der Waals surface area contributed by atoms with Gasteiger partial charge in [-0.1, -0.05) is 0 Å². The lowest BCUT2D eigenvalue weighted by atomic mass is 10.2. The number of rotatable bonds is 4. The summed E-state index contributed by atoms with van der Waals surface area (Å²) in [5, 5.41) is 13.9. The standard InChI is InChI=1S/C19H21N3O4/c1-22(2)15-6-4-14(16(23)11-15)12-20-21-19(24)13-5-7-17-18(10-13)26-9-3-8-25-17/h4-7,10-12,23H,3,8-9H2,1-2H3,(H,21,24)/b20-12+. The number of phenols is 1. The molecule has 0 bridgehead atoms. The van der Waals surface area contributed by atoms with E-state index in [0.717, 1.165) is 12.1 Å². The molecule has 1 aliphatic heterocycles. The van der Waals surface area contributed by atoms with E-state index in [0.29, 0.717) is 35.8 Å². The van der Waals surface area contributed by atoms with E-state index in [4.69, 9.17) is 9.47 Å². The molecule has 7 nitrogen and oxygen atoms in total. The lowest BCUT2D eigenvalue weighted by Crippen LogP contribution is -2.17. The average molecular weight is 355 g/mol. The van der Waals surface area contributed by atoms with Crippen LogP contribution in [0, 0.1) is 0 Å². The summed E-state index contributed by atoms with van der Waals surface area (Å²) < 4.78 is 11.1. The molecule has 1 aliphatic rings. The van der Waals surface area contributed by atoms with Crippen molar-refractivity contribution in [3.63, 3.8) is 0 Å². The molecule has 0 aromatic heterocycles. The van der Waals surface area contributed by atoms with Gasteiger partial charge in [-0.2, -0.15) is 5.10 Å². The van der Waals surface area contributed by atoms with Crippen molar-refractivity contribution in [1.29, 1.82) is 0 Å². The molecule has 1 amide bonds. The Hall–Kier alpha value is -3.22. The molecule has 0 spiro atoms. The van der Waals surface area contributed by atoms with E-state index in [1.54, 1.807) is 30.3 Å². The van der Waals surface area contributed by atoms with Crippen molar-refractivity contribution in [3.05, 3.63) is 47.5 Å². The molecule has 0 atom stereocenters. The zero-order valence-corrected chi connectivity index (χ0v) is 14.7. The average Bonchev–Trinajstić information content (AvgIpc) is 2.87. The maximum absolute atomic E-state index is 12.2. The van der Waals surface area contributed by atoms with Crippen LogP contribution in [0.15, 0.2) is 41.5 Å². The fourth-order valence-electron chi connectivity index (χ4n) is 2.45. The van der Waals surface area contributed by atoms with Gasteiger partial charge in [0, 0.05) is 43.4 Å². The maximum Gasteiger partial charge on any atom is 0.271 e. The number of hydrogen-bond donors (Lipinski definition) is 2. The molecule has 0 unspecified atom stereocenters. The van der Waals surface area contributed by atoms with Crippen LogP contribution in [-0.4, -0.2) is 44.5 Å². The minimum Gasteiger partial charge on any atom is -0.507 e. The monoisotopic (exact) mass is 355 g/mol. The van der Waals surface area contributed by atoms with Crippen molar-refractivity contribution in [2.24, 2.45) is 5.10 Å². The van der Waals surface area contributed by atoms with Crippen LogP contribution in [0.1, 0.15) is 22.3 Å². The van der Waals surface area contributed by atoms with Crippen LogP contribution >= 0.6 is 0 Å². The van der Waals surface area contributed by atoms with Gasteiger partial charge in [0.15, 0.2) is 11.5 Å². The maximum atomic E-state index is 12.2. The van der Waals surface area contributed by atoms with Crippen molar-refractivity contribution >= 4 is 17.8 Å². The molecule has 2 aromatic carbocycles. The molecule has 26 heavy (non-hydrogen) atoms. The first-order valence-corrected chi connectivity index (χ1v) is 8.28. The topological polar surface area (TPSA) is 83.4 Å². The number of hydrogen-bond acceptors (Lipinski definition) is 6. The van der Waals surface area contributed by atoms with Gasteiger partial charge in [-0.25, -0.2) is 5.43 Å². The predicted octanol–water partition coefficient (Wildman–Crippen LogP) is 2.38. The van der Waals surface area contributed by atoms with Crippen LogP contribution in [0.25, 0.3) is 0 Å². The highest BCUT2D eigenvalue weighted by molar-refractivity contribution is 5.95. The first-order valence-electron chi connectivity index (χ1n) is 8.28. The summed E-state index contributed by atoms with van der Waals surface area (Å²) in [6, 6.07) is 10.2. The molecular weight excluding hydrogens is 334 g/mol. The molecule has 7 heteroatoms. The lowest BCUT2D eigenvalue weighted by Gasteiger charge is -2.13. The Kier molecular flexibility index (Phi) is 5.26. The largest absolute Gasteiger partial charge is 0.507 e. The van der Waals surface area contributed by atoms with Gasteiger partial charge in [-0.05, 0) is 30.3 Å². The number of nitrogens with zero attached hydrogens (tertiary/aromatic N) is 2. The molecule has 2 aromatic rings. The number of aromatic hydroxyl groups is 1. The van der Waals surface area contributed by atoms with Gasteiger partial charge >= 0.3 is 0 Å². The molecule has 0 saturated heterocycles. The van der Waals surface area contributed by atoms with Crippen molar-refractivity contribution in [2.75, 3.05) is 32.2 Å². The summed E-state index contributed by atoms with van der Waals surface area (Å²) in [5.41, 5.74) is 4.24. The summed E-state index contributed by atoms with van der Waals surface area (Å²) >= 11 is 0. The van der Waals surface area contributed by atoms with Gasteiger partial charge in [0.05, 0.1) is 19.4 Å². The Labute approximate surface area is 151 Å². The van der Waals surface area contributed by atoms with E-state index >= 15 is 0 Å². The Balaban J connectivity index is 1.67. The highest BCUT2D eigenvalue weighted by atomic mass is 16.5. The molecule has 136 valence electrons. The van der Waals surface area contributed by atoms with Crippen LogP contribution in [0.4, 0.5) is 5.69 Å². The van der Waals surface area contributed by atoms with Crippen LogP contribution in [0.2, 0.25) is 0 Å². The quantitative estimate of drug-likeness (QED) is 0.650. The second-order valence-corrected chi connectivity index (χ2v) is 6.05. The summed E-state index contributed by atoms with van der Waals surface area (Å²) in [5.74, 6) is 0.899. The van der Waals surface area contributed by atoms with Gasteiger partial charge in [0.1, 0.15) is 5.75 Å². The van der Waals surface area contributed by atoms with Crippen LogP contribution in [-0.2, 0) is 0 Å². The number of phenolic OH excluding ortho intramolecular Hbond substituents is 1. The van der Waals surface area contributed by atoms with E-state index in [1.165, 1.54) is 6.21 Å². The van der Waals surface area contributed by atoms with E-state index in [-0.39, 0.29) is 11.7 Å². The van der Waals surface area contributed by atoms with Crippen molar-refractivity contribution in [2.45, 2.75) is 6.42 Å². The first kappa shape index (κ1) is 17.6. The van der Waals surface area contributed by atoms with Crippen molar-refractivity contribution in [3.8, 4) is 17.2 Å². The SMILES string of the molecule is CN(C)c1ccc(/C=N/NC(=O)c2ccc3c(c2)OCCCO3)c(O)c1. The van der Waals surface area contributed by atoms with Crippen molar-refractivity contribution < 1.29 is 19.4 Å². The number of carbonyl (C=O) groups excluding carboxylic acids is 1. The Bertz CT molecular complexity index is 834. The van der Waals surface area contributed by atoms with Crippen molar-refractivity contribution in [1.82, 2.24) is 5.43 Å². The molecule has 3 rings (SSSR count). The fourth-order valence-corrected chi connectivity index (χ4v) is 2.45. The molecule has 0 radical (unpaired) electrons. The number of ether oxygens (including phenoxy) is 2. The molecule has 2 N–H and O–H groups in total. The van der Waals surface area contributed by atoms with Gasteiger partial charge < -0.3 is 19.5 Å². The summed E-state index contributed by atoms with van der Waals surface area (Å²) in [6.07, 6.45) is 2.20. The third kappa shape index (κ3) is 4.05. The minimum absolute atomic E-state index is 0.0878. The zero-order chi connectivity index (χ0) is 18.5. The number of nitrogens with one attached hydrogen (secondary N) is 1. The van der Waals surface area contributed by atoms with E-state index in [9.17, 15) is 9.90 Å². The van der Waals surface area contributed by atoms with E-state index < -0.39 is 0 Å². The number of hydrazone groups is 1. The second kappa shape index (κ2) is 7.77. The molecule has 0 aliphatic carbocycles. The van der Waals surface area contributed by atoms with Crippen LogP contribution in [0.3, 0.4) is 0 Å². The van der Waals surface area contributed by atoms with Gasteiger partial charge in [0.25, 0.3) is 5.91 Å². The smallest absolute Gasteiger partial charge is 0.271 e. The predicted molar refractivity (Wildman–Crippen MR) is 99.5 cm³/mol. The highest BCUT2D eigenvalue weighted by Crippen LogP contribution is 2.30. The third-order valence-corrected chi connectivity index (χ3v) is 3.91. The number of amides is 1. The summed E-state index contributed by atoms with van der Waals surface area (Å²) in [6.45, 7) is 1.15. The number of fused-ring (bicyclic) bond motifs is 1. The zero-order valence-electron chi connectivity index (χ0n) is 14.7. The lowest BCUT2D eigenvalue weighted by molar-refractivity contribution is 0.0954. The van der Waals surface area contributed by atoms with Crippen LogP contribution in [0.5, 0.6) is 17.2 Å². The molecule has 0 saturated carbocycles. The normalized spacial score (nSPS) is 13.3. The van der Waals surface area contributed by atoms with E-state index in [1.807, 2.05) is 25.1 Å². The molecule has 1 heterocycles. The summed E-state index contributed by atoms with van der Waals surface area (Å²) in [7, 11) is 3.77. The molecule has 0 fully saturated rings. The van der Waals surface area contributed by atoms with Gasteiger partial charge in [-0.3, -0.25) is 4.79 Å². The third-order valence-electron chi connectivity index (χ3n) is 3.91. The Morgan fingerprint density at radius 3 is 2.65 bits per heavy atom. The highest BCUT2D eigenvalue weighted by Gasteiger charge is 2.13. The van der Waals surface area contributed by atoms with E-state index in [2.05, 4.69) is 10.5 Å². The Morgan fingerprint density at radius 2 is 1.92 bits per heavy atom. The number of carbonyl (C=O) groups is 1.